The Kier molecular flexibility index (Phi) is 1.88. The normalized spacial score (nSPS) is 12.0. The topological polar surface area (TPSA) is 12.0 Å². The standard InChI is InChI=1S/C4H10ClN/c1-4(2,3)6-5/h6H,1-3H3. The second-order valence-corrected chi connectivity index (χ2v) is 2.53. The van der Waals surface area contributed by atoms with Gasteiger partial charge in [0.1, 0.15) is 0 Å². The van der Waals surface area contributed by atoms with Crippen LogP contribution >= 0.6 is 11.8 Å². The summed E-state index contributed by atoms with van der Waals surface area (Å²) in [6, 6.07) is 0. The maximum absolute atomic E-state index is 5.23. The van der Waals surface area contributed by atoms with Crippen LogP contribution in [0.1, 0.15) is 20.8 Å². The second-order valence-electron chi connectivity index (χ2n) is 2.34. The van der Waals surface area contributed by atoms with E-state index in [4.69, 9.17) is 11.8 Å². The molecule has 0 rings (SSSR count). The minimum atomic E-state index is 0.0571. The molecule has 6 heavy (non-hydrogen) atoms. The lowest BCUT2D eigenvalue weighted by molar-refractivity contribution is 0.529. The van der Waals surface area contributed by atoms with Crippen LogP contribution in [0.4, 0.5) is 0 Å². The first kappa shape index (κ1) is 6.25. The van der Waals surface area contributed by atoms with E-state index in [-0.39, 0.29) is 5.54 Å². The zero-order chi connectivity index (χ0) is 5.21. The Labute approximate surface area is 43.8 Å². The van der Waals surface area contributed by atoms with Crippen molar-refractivity contribution < 1.29 is 0 Å². The molecule has 0 aromatic carbocycles. The summed E-state index contributed by atoms with van der Waals surface area (Å²) < 4.78 is 0. The summed E-state index contributed by atoms with van der Waals surface area (Å²) in [6.07, 6.45) is 0. The van der Waals surface area contributed by atoms with E-state index >= 15 is 0 Å². The summed E-state index contributed by atoms with van der Waals surface area (Å²) in [4.78, 5) is 2.58. The summed E-state index contributed by atoms with van der Waals surface area (Å²) in [6.45, 7) is 6.00. The van der Waals surface area contributed by atoms with Crippen LogP contribution in [0.15, 0.2) is 0 Å². The van der Waals surface area contributed by atoms with E-state index in [9.17, 15) is 0 Å². The molecule has 2 heteroatoms. The fourth-order valence-electron chi connectivity index (χ4n) is 0. The van der Waals surface area contributed by atoms with Crippen molar-refractivity contribution in [2.45, 2.75) is 26.3 Å². The van der Waals surface area contributed by atoms with Crippen LogP contribution < -0.4 is 4.84 Å². The van der Waals surface area contributed by atoms with Gasteiger partial charge in [0, 0.05) is 5.54 Å². The van der Waals surface area contributed by atoms with Crippen molar-refractivity contribution in [2.75, 3.05) is 0 Å². The smallest absolute Gasteiger partial charge is 0.0247 e. The highest BCUT2D eigenvalue weighted by atomic mass is 35.5. The molecule has 0 aromatic rings. The maximum Gasteiger partial charge on any atom is 0.0247 e. The third-order valence-electron chi connectivity index (χ3n) is 0.283. The maximum atomic E-state index is 5.23. The Hall–Kier alpha value is 0.250. The molecule has 0 aliphatic heterocycles. The lowest BCUT2D eigenvalue weighted by atomic mass is 10.1. The van der Waals surface area contributed by atoms with Gasteiger partial charge in [-0.25, -0.2) is 4.84 Å². The van der Waals surface area contributed by atoms with Gasteiger partial charge in [0.05, 0.1) is 0 Å². The molecule has 0 amide bonds. The van der Waals surface area contributed by atoms with Crippen LogP contribution in [0.3, 0.4) is 0 Å². The molecular formula is C4H10ClN. The van der Waals surface area contributed by atoms with Crippen molar-refractivity contribution in [2.24, 2.45) is 0 Å². The molecule has 0 spiro atoms. The highest BCUT2D eigenvalue weighted by molar-refractivity contribution is 6.13. The molecule has 0 heterocycles. The Bertz CT molecular complexity index is 37.3. The van der Waals surface area contributed by atoms with Crippen LogP contribution in [0, 0.1) is 0 Å². The molecule has 1 nitrogen and oxygen atoms in total. The van der Waals surface area contributed by atoms with Crippen molar-refractivity contribution >= 4 is 11.8 Å². The molecule has 0 radical (unpaired) electrons. The fourth-order valence-corrected chi connectivity index (χ4v) is 0. The average molecular weight is 108 g/mol. The number of nitrogens with one attached hydrogen (secondary N) is 1. The summed E-state index contributed by atoms with van der Waals surface area (Å²) in [7, 11) is 0. The van der Waals surface area contributed by atoms with Crippen LogP contribution in [-0.2, 0) is 0 Å². The van der Waals surface area contributed by atoms with Gasteiger partial charge in [0.2, 0.25) is 0 Å². The van der Waals surface area contributed by atoms with E-state index in [1.165, 1.54) is 0 Å². The van der Waals surface area contributed by atoms with Crippen molar-refractivity contribution in [1.82, 2.24) is 4.84 Å². The van der Waals surface area contributed by atoms with Gasteiger partial charge >= 0.3 is 0 Å². The van der Waals surface area contributed by atoms with Crippen molar-refractivity contribution in [1.29, 1.82) is 0 Å². The quantitative estimate of drug-likeness (QED) is 0.463. The minimum absolute atomic E-state index is 0.0571. The third-order valence-corrected chi connectivity index (χ3v) is 0.850. The van der Waals surface area contributed by atoms with Crippen LogP contribution in [0.25, 0.3) is 0 Å². The summed E-state index contributed by atoms with van der Waals surface area (Å²) in [5, 5.41) is 0. The van der Waals surface area contributed by atoms with Gasteiger partial charge in [-0.05, 0) is 32.5 Å². The first-order chi connectivity index (χ1) is 2.56. The number of hydrogen-bond acceptors (Lipinski definition) is 1. The van der Waals surface area contributed by atoms with Crippen LogP contribution in [-0.4, -0.2) is 5.54 Å². The molecule has 0 saturated carbocycles. The second kappa shape index (κ2) is 1.80. The number of halogens is 1. The van der Waals surface area contributed by atoms with Gasteiger partial charge in [0.15, 0.2) is 0 Å². The summed E-state index contributed by atoms with van der Waals surface area (Å²) in [5.41, 5.74) is 0.0571. The molecule has 0 aliphatic rings. The third kappa shape index (κ3) is 4.25. The van der Waals surface area contributed by atoms with Crippen molar-refractivity contribution in [3.05, 3.63) is 0 Å². The monoisotopic (exact) mass is 107 g/mol. The Morgan fingerprint density at radius 1 is 1.33 bits per heavy atom. The van der Waals surface area contributed by atoms with Gasteiger partial charge in [-0.2, -0.15) is 0 Å². The lowest BCUT2D eigenvalue weighted by Crippen LogP contribution is -2.27. The molecule has 38 valence electrons. The van der Waals surface area contributed by atoms with E-state index in [1.807, 2.05) is 20.8 Å². The molecule has 0 aromatic heterocycles. The highest BCUT2D eigenvalue weighted by Gasteiger charge is 2.03. The zero-order valence-electron chi connectivity index (χ0n) is 4.38. The van der Waals surface area contributed by atoms with Gasteiger partial charge in [-0.3, -0.25) is 0 Å². The molecular weight excluding hydrogens is 97.5 g/mol. The van der Waals surface area contributed by atoms with Crippen LogP contribution in [0.5, 0.6) is 0 Å². The van der Waals surface area contributed by atoms with Crippen molar-refractivity contribution in [3.8, 4) is 0 Å². The Balaban J connectivity index is 3.17. The zero-order valence-corrected chi connectivity index (χ0v) is 5.13. The van der Waals surface area contributed by atoms with E-state index < -0.39 is 0 Å². The molecule has 0 atom stereocenters. The predicted molar refractivity (Wildman–Crippen MR) is 28.7 cm³/mol. The first-order valence-electron chi connectivity index (χ1n) is 1.94. The van der Waals surface area contributed by atoms with E-state index in [0.717, 1.165) is 0 Å². The first-order valence-corrected chi connectivity index (χ1v) is 2.32. The van der Waals surface area contributed by atoms with E-state index in [0.29, 0.717) is 0 Å². The SMILES string of the molecule is CC(C)(C)NCl. The van der Waals surface area contributed by atoms with Gasteiger partial charge in [0.25, 0.3) is 0 Å². The number of hydrogen-bond donors (Lipinski definition) is 1. The summed E-state index contributed by atoms with van der Waals surface area (Å²) in [5.74, 6) is 0. The average Bonchev–Trinajstić information content (AvgIpc) is 1.35. The molecule has 0 saturated heterocycles. The van der Waals surface area contributed by atoms with Gasteiger partial charge < -0.3 is 0 Å². The summed E-state index contributed by atoms with van der Waals surface area (Å²) >= 11 is 5.23. The molecule has 0 bridgehead atoms. The fraction of sp³-hybridized carbons (Fsp3) is 1.00. The lowest BCUT2D eigenvalue weighted by Gasteiger charge is -2.12. The minimum Gasteiger partial charge on any atom is -0.228 e. The van der Waals surface area contributed by atoms with Crippen LogP contribution in [0.2, 0.25) is 0 Å². The molecule has 0 fully saturated rings. The number of rotatable bonds is 0. The molecule has 0 aliphatic carbocycles. The Morgan fingerprint density at radius 3 is 1.50 bits per heavy atom. The molecule has 1 N–H and O–H groups in total. The van der Waals surface area contributed by atoms with E-state index in [1.54, 1.807) is 0 Å². The van der Waals surface area contributed by atoms with Gasteiger partial charge in [-0.15, -0.1) is 0 Å². The Morgan fingerprint density at radius 2 is 1.50 bits per heavy atom. The molecule has 0 unspecified atom stereocenters. The van der Waals surface area contributed by atoms with Crippen molar-refractivity contribution in [3.63, 3.8) is 0 Å². The largest absolute Gasteiger partial charge is 0.228 e. The van der Waals surface area contributed by atoms with E-state index in [2.05, 4.69) is 4.84 Å². The predicted octanol–water partition coefficient (Wildman–Crippen LogP) is 1.53. The van der Waals surface area contributed by atoms with Gasteiger partial charge in [-0.1, -0.05) is 0 Å². The highest BCUT2D eigenvalue weighted by Crippen LogP contribution is 1.97.